The zero-order valence-corrected chi connectivity index (χ0v) is 15.9. The van der Waals surface area contributed by atoms with Crippen molar-refractivity contribution in [3.8, 4) is 5.75 Å². The summed E-state index contributed by atoms with van der Waals surface area (Å²) in [5.41, 5.74) is 0.502. The van der Waals surface area contributed by atoms with Gasteiger partial charge in [-0.2, -0.15) is 0 Å². The lowest BCUT2D eigenvalue weighted by atomic mass is 10.2. The number of ether oxygens (including phenoxy) is 3. The molecule has 1 aliphatic heterocycles. The first-order valence-electron chi connectivity index (χ1n) is 9.16. The molecule has 2 rings (SSSR count). The highest BCUT2D eigenvalue weighted by atomic mass is 16.5. The number of rotatable bonds is 7. The summed E-state index contributed by atoms with van der Waals surface area (Å²) >= 11 is 0. The molecule has 1 heterocycles. The maximum atomic E-state index is 12.4. The molecule has 0 radical (unpaired) electrons. The fourth-order valence-electron chi connectivity index (χ4n) is 2.68. The predicted molar refractivity (Wildman–Crippen MR) is 100.0 cm³/mol. The van der Waals surface area contributed by atoms with Crippen molar-refractivity contribution >= 4 is 11.9 Å². The van der Waals surface area contributed by atoms with Crippen molar-refractivity contribution in [1.82, 2.24) is 5.32 Å². The molecule has 0 spiro atoms. The van der Waals surface area contributed by atoms with Crippen molar-refractivity contribution in [1.29, 1.82) is 0 Å². The molecule has 7 nitrogen and oxygen atoms in total. The summed E-state index contributed by atoms with van der Waals surface area (Å²) < 4.78 is 16.2. The van der Waals surface area contributed by atoms with Crippen molar-refractivity contribution in [2.24, 2.45) is 4.99 Å². The fraction of sp³-hybridized carbons (Fsp3) is 0.579. The first-order valence-corrected chi connectivity index (χ1v) is 9.16. The minimum atomic E-state index is -0.262. The van der Waals surface area contributed by atoms with Crippen LogP contribution in [0.3, 0.4) is 0 Å². The second kappa shape index (κ2) is 10.8. The molecular formula is C19H30N3O4+. The Morgan fingerprint density at radius 1 is 1.35 bits per heavy atom. The number of carbonyl (C=O) groups is 1. The van der Waals surface area contributed by atoms with Crippen LogP contribution in [0.4, 0.5) is 0 Å². The van der Waals surface area contributed by atoms with Gasteiger partial charge in [0.05, 0.1) is 33.0 Å². The van der Waals surface area contributed by atoms with Gasteiger partial charge in [-0.3, -0.25) is 10.1 Å². The average Bonchev–Trinajstić information content (AvgIpc) is 2.65. The van der Waals surface area contributed by atoms with E-state index >= 15 is 0 Å². The molecule has 1 saturated heterocycles. The molecule has 1 amide bonds. The van der Waals surface area contributed by atoms with Crippen molar-refractivity contribution in [2.75, 3.05) is 46.5 Å². The summed E-state index contributed by atoms with van der Waals surface area (Å²) in [5, 5.41) is 2.76. The van der Waals surface area contributed by atoms with Crippen molar-refractivity contribution < 1.29 is 23.9 Å². The van der Waals surface area contributed by atoms with Crippen LogP contribution in [0, 0.1) is 0 Å². The van der Waals surface area contributed by atoms with Gasteiger partial charge in [-0.05, 0) is 32.0 Å². The van der Waals surface area contributed by atoms with E-state index in [9.17, 15) is 4.79 Å². The Bertz CT molecular complexity index is 598. The smallest absolute Gasteiger partial charge is 0.291 e. The number of benzene rings is 1. The summed E-state index contributed by atoms with van der Waals surface area (Å²) in [5.74, 6) is 0.372. The molecule has 1 aromatic rings. The molecule has 144 valence electrons. The molecule has 0 atom stereocenters. The normalized spacial score (nSPS) is 15.8. The monoisotopic (exact) mass is 364 g/mol. The number of amidine groups is 1. The maximum absolute atomic E-state index is 12.4. The average molecular weight is 364 g/mol. The summed E-state index contributed by atoms with van der Waals surface area (Å²) in [4.78, 5) is 18.4. The van der Waals surface area contributed by atoms with Gasteiger partial charge in [-0.1, -0.05) is 6.07 Å². The highest BCUT2D eigenvalue weighted by molar-refractivity contribution is 6.04. The number of nitrogens with one attached hydrogen (secondary N) is 2. The number of carbonyl (C=O) groups excluding carboxylic acids is 1. The minimum absolute atomic E-state index is 0.0655. The Morgan fingerprint density at radius 2 is 2.12 bits per heavy atom. The summed E-state index contributed by atoms with van der Waals surface area (Å²) in [6.07, 6.45) is 0.874. The zero-order valence-electron chi connectivity index (χ0n) is 15.9. The highest BCUT2D eigenvalue weighted by Gasteiger charge is 2.14. The Kier molecular flexibility index (Phi) is 8.37. The number of nitrogens with zero attached hydrogens (tertiary/aromatic N) is 1. The summed E-state index contributed by atoms with van der Waals surface area (Å²) in [6, 6.07) is 7.25. The largest absolute Gasteiger partial charge is 0.497 e. The van der Waals surface area contributed by atoms with Gasteiger partial charge in [0.25, 0.3) is 11.9 Å². The van der Waals surface area contributed by atoms with E-state index in [1.807, 2.05) is 13.8 Å². The van der Waals surface area contributed by atoms with Crippen LogP contribution in [0.2, 0.25) is 0 Å². The van der Waals surface area contributed by atoms with Gasteiger partial charge in [0, 0.05) is 18.5 Å². The molecule has 7 heteroatoms. The molecule has 1 aromatic carbocycles. The number of hydrogen-bond acceptors (Lipinski definition) is 5. The fourth-order valence-corrected chi connectivity index (χ4v) is 2.68. The molecule has 1 aliphatic rings. The van der Waals surface area contributed by atoms with Crippen molar-refractivity contribution in [2.45, 2.75) is 26.4 Å². The van der Waals surface area contributed by atoms with E-state index in [0.29, 0.717) is 17.9 Å². The van der Waals surface area contributed by atoms with Gasteiger partial charge in [0.15, 0.2) is 0 Å². The SMILES string of the molecule is COc1cccc(C(=O)NC(=NCCC[NH+]2CCOCC2)OC(C)C)c1. The molecule has 0 bridgehead atoms. The quantitative estimate of drug-likeness (QED) is 0.420. The van der Waals surface area contributed by atoms with Gasteiger partial charge >= 0.3 is 0 Å². The molecule has 0 aliphatic carbocycles. The molecule has 1 fully saturated rings. The van der Waals surface area contributed by atoms with E-state index in [0.717, 1.165) is 39.3 Å². The summed E-state index contributed by atoms with van der Waals surface area (Å²) in [7, 11) is 1.57. The topological polar surface area (TPSA) is 73.6 Å². The first-order chi connectivity index (χ1) is 12.6. The van der Waals surface area contributed by atoms with Gasteiger partial charge in [-0.15, -0.1) is 0 Å². The van der Waals surface area contributed by atoms with Crippen LogP contribution in [0.15, 0.2) is 29.3 Å². The third kappa shape index (κ3) is 7.01. The summed E-state index contributed by atoms with van der Waals surface area (Å²) in [6.45, 7) is 9.23. The van der Waals surface area contributed by atoms with Gasteiger partial charge in [0.1, 0.15) is 18.8 Å². The van der Waals surface area contributed by atoms with E-state index in [-0.39, 0.29) is 18.0 Å². The van der Waals surface area contributed by atoms with Crippen LogP contribution in [0.1, 0.15) is 30.6 Å². The number of morpholine rings is 1. The molecule has 0 saturated carbocycles. The Balaban J connectivity index is 1.89. The molecule has 0 unspecified atom stereocenters. The second-order valence-electron chi connectivity index (χ2n) is 6.51. The number of amides is 1. The molecule has 0 aromatic heterocycles. The number of aliphatic imine (C=N–C) groups is 1. The van der Waals surface area contributed by atoms with Crippen LogP contribution >= 0.6 is 0 Å². The van der Waals surface area contributed by atoms with Gasteiger partial charge < -0.3 is 19.1 Å². The van der Waals surface area contributed by atoms with E-state index in [1.165, 1.54) is 4.90 Å². The van der Waals surface area contributed by atoms with Crippen LogP contribution in [0.5, 0.6) is 5.75 Å². The maximum Gasteiger partial charge on any atom is 0.291 e. The Hall–Kier alpha value is -2.12. The lowest BCUT2D eigenvalue weighted by Crippen LogP contribution is -3.14. The van der Waals surface area contributed by atoms with E-state index in [2.05, 4.69) is 10.3 Å². The predicted octanol–water partition coefficient (Wildman–Crippen LogP) is 0.511. The molecule has 2 N–H and O–H groups in total. The Labute approximate surface area is 155 Å². The second-order valence-corrected chi connectivity index (χ2v) is 6.51. The van der Waals surface area contributed by atoms with Gasteiger partial charge in [0.2, 0.25) is 0 Å². The van der Waals surface area contributed by atoms with Gasteiger partial charge in [-0.25, -0.2) is 4.99 Å². The van der Waals surface area contributed by atoms with Crippen LogP contribution in [0.25, 0.3) is 0 Å². The lowest BCUT2D eigenvalue weighted by molar-refractivity contribution is -0.908. The number of methoxy groups -OCH3 is 1. The van der Waals surface area contributed by atoms with E-state index < -0.39 is 0 Å². The molecule has 26 heavy (non-hydrogen) atoms. The minimum Gasteiger partial charge on any atom is -0.497 e. The third-order valence-electron chi connectivity index (χ3n) is 4.04. The van der Waals surface area contributed by atoms with Crippen molar-refractivity contribution in [3.05, 3.63) is 29.8 Å². The van der Waals surface area contributed by atoms with E-state index in [4.69, 9.17) is 14.2 Å². The lowest BCUT2D eigenvalue weighted by Gasteiger charge is -2.23. The first kappa shape index (κ1) is 20.2. The van der Waals surface area contributed by atoms with Crippen LogP contribution < -0.4 is 15.0 Å². The third-order valence-corrected chi connectivity index (χ3v) is 4.04. The number of quaternary nitrogens is 1. The number of hydrogen-bond donors (Lipinski definition) is 2. The standard InChI is InChI=1S/C19H29N3O4/c1-15(2)26-19(20-8-5-9-22-10-12-25-13-11-22)21-18(23)16-6-4-7-17(14-16)24-3/h4,6-7,14-15H,5,8-13H2,1-3H3,(H,20,21,23)/p+1. The van der Waals surface area contributed by atoms with Crippen LogP contribution in [-0.2, 0) is 9.47 Å². The highest BCUT2D eigenvalue weighted by Crippen LogP contribution is 2.12. The van der Waals surface area contributed by atoms with Crippen molar-refractivity contribution in [3.63, 3.8) is 0 Å². The van der Waals surface area contributed by atoms with E-state index in [1.54, 1.807) is 31.4 Å². The Morgan fingerprint density at radius 3 is 2.81 bits per heavy atom. The zero-order chi connectivity index (χ0) is 18.8. The molecular weight excluding hydrogens is 334 g/mol. The van der Waals surface area contributed by atoms with Crippen LogP contribution in [-0.4, -0.2) is 64.5 Å².